The molecule has 0 amide bonds. The molecule has 224 valence electrons. The summed E-state index contributed by atoms with van der Waals surface area (Å²) in [5.41, 5.74) is 4.50. The molecule has 8 nitrogen and oxygen atoms in total. The Morgan fingerprint density at radius 3 is 2.36 bits per heavy atom. The van der Waals surface area contributed by atoms with Crippen molar-refractivity contribution in [3.05, 3.63) is 117 Å². The van der Waals surface area contributed by atoms with Crippen LogP contribution in [0.3, 0.4) is 0 Å². The lowest BCUT2D eigenvalue weighted by molar-refractivity contribution is -0.116. The van der Waals surface area contributed by atoms with Gasteiger partial charge in [0, 0.05) is 59.4 Å². The van der Waals surface area contributed by atoms with E-state index in [1.807, 2.05) is 49.3 Å². The quantitative estimate of drug-likeness (QED) is 0.281. The summed E-state index contributed by atoms with van der Waals surface area (Å²) >= 11 is 12.9. The fourth-order valence-electron chi connectivity index (χ4n) is 5.43. The standard InChI is InChI=1S/C33H29Cl2N5O3S/c1-39(2)23-11-8-21(9-12-23)5-4-18-38-33-27(20-36)31(26-17-10-22(34)19-28(26)35)32-29(6-3-7-30(32)41)40(33)24-13-15-25(16-14-24)44(37,42)43/h4-5,8-19,31H,3,6-7H2,1-2H3,(H2,37,42,43)/b5-4+,38-18?. The summed E-state index contributed by atoms with van der Waals surface area (Å²) in [5.74, 6) is -0.555. The first-order valence-corrected chi connectivity index (χ1v) is 16.1. The number of aliphatic imine (C=N–C) groups is 1. The van der Waals surface area contributed by atoms with Crippen LogP contribution in [0.1, 0.15) is 36.3 Å². The lowest BCUT2D eigenvalue weighted by Crippen LogP contribution is -2.35. The Balaban J connectivity index is 1.67. The van der Waals surface area contributed by atoms with Gasteiger partial charge >= 0.3 is 0 Å². The molecule has 0 aromatic heterocycles. The topological polar surface area (TPSA) is 120 Å². The van der Waals surface area contributed by atoms with Gasteiger partial charge in [-0.25, -0.2) is 18.5 Å². The number of carbonyl (C=O) groups is 1. The lowest BCUT2D eigenvalue weighted by Gasteiger charge is -2.39. The number of allylic oxidation sites excluding steroid dienone is 4. The average Bonchev–Trinajstić information content (AvgIpc) is 2.99. The molecule has 2 aliphatic rings. The smallest absolute Gasteiger partial charge is 0.238 e. The average molecular weight is 647 g/mol. The molecule has 0 saturated carbocycles. The second-order valence-electron chi connectivity index (χ2n) is 10.6. The number of ketones is 1. The number of nitrogens with two attached hydrogens (primary N) is 1. The zero-order chi connectivity index (χ0) is 31.6. The van der Waals surface area contributed by atoms with E-state index < -0.39 is 15.9 Å². The monoisotopic (exact) mass is 645 g/mol. The van der Waals surface area contributed by atoms with Crippen molar-refractivity contribution in [1.82, 2.24) is 0 Å². The van der Waals surface area contributed by atoms with Gasteiger partial charge in [0.25, 0.3) is 0 Å². The highest BCUT2D eigenvalue weighted by Gasteiger charge is 2.41. The maximum atomic E-state index is 13.6. The molecule has 1 aliphatic carbocycles. The molecule has 5 rings (SSSR count). The molecular formula is C33H29Cl2N5O3S. The van der Waals surface area contributed by atoms with Crippen molar-refractivity contribution < 1.29 is 13.2 Å². The number of nitrogens with zero attached hydrogens (tertiary/aromatic N) is 4. The van der Waals surface area contributed by atoms with Crippen LogP contribution in [-0.2, 0) is 14.8 Å². The highest BCUT2D eigenvalue weighted by molar-refractivity contribution is 7.89. The van der Waals surface area contributed by atoms with Gasteiger partial charge in [0.15, 0.2) is 11.6 Å². The van der Waals surface area contributed by atoms with E-state index in [2.05, 4.69) is 6.07 Å². The highest BCUT2D eigenvalue weighted by atomic mass is 35.5. The van der Waals surface area contributed by atoms with Gasteiger partial charge in [-0.2, -0.15) is 5.26 Å². The second kappa shape index (κ2) is 12.8. The van der Waals surface area contributed by atoms with Crippen molar-refractivity contribution in [2.24, 2.45) is 10.1 Å². The fourth-order valence-corrected chi connectivity index (χ4v) is 6.46. The SMILES string of the molecule is CN(C)c1ccc(/C=C/C=NC2=C(C#N)C(c3ccc(Cl)cc3Cl)C3=C(CCCC3=O)N2c2ccc(S(N)(=O)=O)cc2)cc1. The van der Waals surface area contributed by atoms with E-state index >= 15 is 0 Å². The Bertz CT molecular complexity index is 1890. The molecule has 44 heavy (non-hydrogen) atoms. The van der Waals surface area contributed by atoms with E-state index in [4.69, 9.17) is 33.3 Å². The third-order valence-electron chi connectivity index (χ3n) is 7.53. The molecule has 11 heteroatoms. The largest absolute Gasteiger partial charge is 0.378 e. The molecule has 0 fully saturated rings. The number of primary sulfonamides is 1. The maximum Gasteiger partial charge on any atom is 0.238 e. The van der Waals surface area contributed by atoms with E-state index in [-0.39, 0.29) is 16.3 Å². The summed E-state index contributed by atoms with van der Waals surface area (Å²) in [4.78, 5) is 22.1. The fraction of sp³-hybridized carbons (Fsp3) is 0.182. The van der Waals surface area contributed by atoms with E-state index in [0.29, 0.717) is 57.6 Å². The van der Waals surface area contributed by atoms with Gasteiger partial charge in [0.1, 0.15) is 0 Å². The predicted molar refractivity (Wildman–Crippen MR) is 176 cm³/mol. The molecule has 0 saturated heterocycles. The van der Waals surface area contributed by atoms with Crippen LogP contribution in [-0.4, -0.2) is 34.5 Å². The number of Topliss-reactive ketones (excluding diaryl/α,β-unsaturated/α-hetero) is 1. The number of nitriles is 1. The van der Waals surface area contributed by atoms with E-state index in [1.54, 1.807) is 47.5 Å². The van der Waals surface area contributed by atoms with Crippen LogP contribution in [0.5, 0.6) is 0 Å². The first-order chi connectivity index (χ1) is 21.0. The Morgan fingerprint density at radius 1 is 1.05 bits per heavy atom. The van der Waals surface area contributed by atoms with Crippen LogP contribution >= 0.6 is 23.2 Å². The number of carbonyl (C=O) groups excluding carboxylic acids is 1. The molecule has 1 heterocycles. The van der Waals surface area contributed by atoms with Crippen LogP contribution in [0.15, 0.2) is 105 Å². The van der Waals surface area contributed by atoms with Crippen molar-refractivity contribution in [3.63, 3.8) is 0 Å². The Hall–Kier alpha value is -4.20. The van der Waals surface area contributed by atoms with Gasteiger partial charge in [0.05, 0.1) is 22.5 Å². The van der Waals surface area contributed by atoms with E-state index in [0.717, 1.165) is 11.3 Å². The Morgan fingerprint density at radius 2 is 1.75 bits per heavy atom. The number of hydrogen-bond donors (Lipinski definition) is 1. The van der Waals surface area contributed by atoms with Crippen molar-refractivity contribution in [2.75, 3.05) is 23.9 Å². The molecule has 3 aromatic carbocycles. The molecule has 1 unspecified atom stereocenters. The molecular weight excluding hydrogens is 617 g/mol. The van der Waals surface area contributed by atoms with Gasteiger partial charge < -0.3 is 4.90 Å². The zero-order valence-electron chi connectivity index (χ0n) is 24.0. The first kappa shape index (κ1) is 31.2. The minimum Gasteiger partial charge on any atom is -0.378 e. The minimum absolute atomic E-state index is 0.0595. The molecule has 3 aromatic rings. The number of halogens is 2. The zero-order valence-corrected chi connectivity index (χ0v) is 26.4. The second-order valence-corrected chi connectivity index (χ2v) is 13.0. The minimum atomic E-state index is -3.93. The molecule has 1 atom stereocenters. The summed E-state index contributed by atoms with van der Waals surface area (Å²) in [7, 11) is 0.0158. The van der Waals surface area contributed by atoms with Crippen LogP contribution in [0, 0.1) is 11.3 Å². The summed E-state index contributed by atoms with van der Waals surface area (Å²) in [6.45, 7) is 0. The van der Waals surface area contributed by atoms with Gasteiger partial charge in [-0.15, -0.1) is 0 Å². The van der Waals surface area contributed by atoms with Gasteiger partial charge in [-0.3, -0.25) is 9.69 Å². The number of hydrogen-bond acceptors (Lipinski definition) is 7. The van der Waals surface area contributed by atoms with Crippen LogP contribution < -0.4 is 14.9 Å². The summed E-state index contributed by atoms with van der Waals surface area (Å²) in [6, 6.07) is 21.3. The summed E-state index contributed by atoms with van der Waals surface area (Å²) in [6.07, 6.45) is 6.72. The predicted octanol–water partition coefficient (Wildman–Crippen LogP) is 6.84. The van der Waals surface area contributed by atoms with Gasteiger partial charge in [0.2, 0.25) is 10.0 Å². The number of sulfonamides is 1. The van der Waals surface area contributed by atoms with Crippen molar-refractivity contribution in [2.45, 2.75) is 30.1 Å². The van der Waals surface area contributed by atoms with Crippen molar-refractivity contribution >= 4 is 62.7 Å². The van der Waals surface area contributed by atoms with Crippen molar-refractivity contribution in [3.8, 4) is 6.07 Å². The third kappa shape index (κ3) is 6.35. The number of anilines is 2. The molecule has 0 spiro atoms. The van der Waals surface area contributed by atoms with Crippen LogP contribution in [0.4, 0.5) is 11.4 Å². The maximum absolute atomic E-state index is 13.6. The normalized spacial score (nSPS) is 17.4. The first-order valence-electron chi connectivity index (χ1n) is 13.8. The summed E-state index contributed by atoms with van der Waals surface area (Å²) < 4.78 is 23.9. The van der Waals surface area contributed by atoms with E-state index in [9.17, 15) is 18.5 Å². The number of rotatable bonds is 7. The molecule has 2 N–H and O–H groups in total. The number of benzene rings is 3. The molecule has 1 aliphatic heterocycles. The van der Waals surface area contributed by atoms with Gasteiger partial charge in [-0.05, 0) is 78.6 Å². The van der Waals surface area contributed by atoms with Crippen LogP contribution in [0.25, 0.3) is 6.08 Å². The Labute approximate surface area is 267 Å². The third-order valence-corrected chi connectivity index (χ3v) is 9.02. The van der Waals surface area contributed by atoms with Crippen LogP contribution in [0.2, 0.25) is 10.0 Å². The Kier molecular flexibility index (Phi) is 9.09. The molecule has 0 bridgehead atoms. The van der Waals surface area contributed by atoms with Gasteiger partial charge in [-0.1, -0.05) is 47.5 Å². The van der Waals surface area contributed by atoms with Crippen molar-refractivity contribution in [1.29, 1.82) is 5.26 Å². The summed E-state index contributed by atoms with van der Waals surface area (Å²) in [5, 5.41) is 16.7. The highest BCUT2D eigenvalue weighted by Crippen LogP contribution is 2.49. The lowest BCUT2D eigenvalue weighted by atomic mass is 9.75. The van der Waals surface area contributed by atoms with E-state index in [1.165, 1.54) is 12.1 Å². The molecule has 0 radical (unpaired) electrons.